The van der Waals surface area contributed by atoms with E-state index in [1.165, 1.54) is 6.07 Å². The first kappa shape index (κ1) is 16.4. The first-order chi connectivity index (χ1) is 11.6. The number of aromatic nitrogens is 1. The number of nitrogens with one attached hydrogen (secondary N) is 1. The van der Waals surface area contributed by atoms with Crippen molar-refractivity contribution >= 4 is 17.4 Å². The number of rotatable bonds is 4. The predicted octanol–water partition coefficient (Wildman–Crippen LogP) is 2.37. The zero-order chi connectivity index (χ0) is 16.9. The van der Waals surface area contributed by atoms with Gasteiger partial charge in [-0.25, -0.2) is 9.37 Å². The maximum Gasteiger partial charge on any atom is 0.241 e. The van der Waals surface area contributed by atoms with Crippen molar-refractivity contribution in [3.8, 4) is 0 Å². The lowest BCUT2D eigenvalue weighted by Crippen LogP contribution is -2.53. The van der Waals surface area contributed by atoms with Crippen molar-refractivity contribution in [1.29, 1.82) is 0 Å². The molecule has 1 amide bonds. The number of benzene rings is 1. The molecule has 3 rings (SSSR count). The lowest BCUT2D eigenvalue weighted by Gasteiger charge is -2.37. The normalized spacial score (nSPS) is 16.7. The number of pyridine rings is 1. The van der Waals surface area contributed by atoms with Crippen molar-refractivity contribution in [3.63, 3.8) is 0 Å². The fourth-order valence-corrected chi connectivity index (χ4v) is 2.84. The molecule has 0 radical (unpaired) electrons. The molecule has 1 aliphatic heterocycles. The summed E-state index contributed by atoms with van der Waals surface area (Å²) >= 11 is 0. The predicted molar refractivity (Wildman–Crippen MR) is 92.5 cm³/mol. The van der Waals surface area contributed by atoms with Crippen molar-refractivity contribution in [3.05, 3.63) is 54.5 Å². The quantitative estimate of drug-likeness (QED) is 0.936. The van der Waals surface area contributed by atoms with E-state index >= 15 is 0 Å². The van der Waals surface area contributed by atoms with Gasteiger partial charge < -0.3 is 10.2 Å². The Labute approximate surface area is 141 Å². The molecule has 24 heavy (non-hydrogen) atoms. The van der Waals surface area contributed by atoms with Gasteiger partial charge in [0, 0.05) is 32.4 Å². The van der Waals surface area contributed by atoms with Crippen LogP contribution in [0.4, 0.5) is 15.9 Å². The van der Waals surface area contributed by atoms with E-state index < -0.39 is 5.82 Å². The summed E-state index contributed by atoms with van der Waals surface area (Å²) in [5.74, 6) is 0.352. The Balaban J connectivity index is 1.56. The molecule has 6 heteroatoms. The van der Waals surface area contributed by atoms with Gasteiger partial charge in [0.2, 0.25) is 5.91 Å². The summed E-state index contributed by atoms with van der Waals surface area (Å²) in [5.41, 5.74) is 0.224. The van der Waals surface area contributed by atoms with Crippen LogP contribution in [0.25, 0.3) is 0 Å². The van der Waals surface area contributed by atoms with Crippen molar-refractivity contribution in [2.24, 2.45) is 0 Å². The Morgan fingerprint density at radius 2 is 1.83 bits per heavy atom. The second-order valence-electron chi connectivity index (χ2n) is 5.86. The standard InChI is InChI=1S/C18H21FN4O/c1-14(18(24)21-16-7-3-2-6-15(16)19)22-10-12-23(13-11-22)17-8-4-5-9-20-17/h2-9,14H,10-13H2,1H3,(H,21,24). The zero-order valence-corrected chi connectivity index (χ0v) is 13.7. The van der Waals surface area contributed by atoms with Gasteiger partial charge in [-0.1, -0.05) is 18.2 Å². The van der Waals surface area contributed by atoms with E-state index in [4.69, 9.17) is 0 Å². The molecule has 1 fully saturated rings. The van der Waals surface area contributed by atoms with E-state index in [1.807, 2.05) is 25.1 Å². The summed E-state index contributed by atoms with van der Waals surface area (Å²) in [6.45, 7) is 5.01. The van der Waals surface area contributed by atoms with E-state index in [9.17, 15) is 9.18 Å². The van der Waals surface area contributed by atoms with E-state index in [0.717, 1.165) is 32.0 Å². The lowest BCUT2D eigenvalue weighted by molar-refractivity contribution is -0.120. The topological polar surface area (TPSA) is 48.5 Å². The van der Waals surface area contributed by atoms with Crippen molar-refractivity contribution in [2.45, 2.75) is 13.0 Å². The third-order valence-electron chi connectivity index (χ3n) is 4.35. The molecule has 0 saturated carbocycles. The van der Waals surface area contributed by atoms with Crippen LogP contribution in [0.15, 0.2) is 48.7 Å². The number of nitrogens with zero attached hydrogens (tertiary/aromatic N) is 3. The van der Waals surface area contributed by atoms with Crippen LogP contribution in [0.5, 0.6) is 0 Å². The van der Waals surface area contributed by atoms with E-state index in [0.29, 0.717) is 0 Å². The highest BCUT2D eigenvalue weighted by molar-refractivity contribution is 5.94. The van der Waals surface area contributed by atoms with Crippen LogP contribution in [0, 0.1) is 5.82 Å². The van der Waals surface area contributed by atoms with E-state index in [2.05, 4.69) is 20.1 Å². The number of hydrogen-bond acceptors (Lipinski definition) is 4. The van der Waals surface area contributed by atoms with Gasteiger partial charge in [0.15, 0.2) is 0 Å². The van der Waals surface area contributed by atoms with Crippen LogP contribution in [0.3, 0.4) is 0 Å². The molecule has 126 valence electrons. The summed E-state index contributed by atoms with van der Waals surface area (Å²) in [6, 6.07) is 11.8. The van der Waals surface area contributed by atoms with Gasteiger partial charge in [-0.05, 0) is 31.2 Å². The minimum atomic E-state index is -0.418. The minimum Gasteiger partial charge on any atom is -0.354 e. The molecule has 5 nitrogen and oxygen atoms in total. The Morgan fingerprint density at radius 1 is 1.12 bits per heavy atom. The molecule has 2 heterocycles. The van der Waals surface area contributed by atoms with Crippen LogP contribution in [0.1, 0.15) is 6.92 Å². The summed E-state index contributed by atoms with van der Waals surface area (Å²) < 4.78 is 13.7. The molecule has 1 saturated heterocycles. The first-order valence-electron chi connectivity index (χ1n) is 8.10. The average molecular weight is 328 g/mol. The van der Waals surface area contributed by atoms with E-state index in [-0.39, 0.29) is 17.6 Å². The van der Waals surface area contributed by atoms with Gasteiger partial charge in [0.25, 0.3) is 0 Å². The molecule has 1 aromatic carbocycles. The largest absolute Gasteiger partial charge is 0.354 e. The molecule has 1 aromatic heterocycles. The summed E-state index contributed by atoms with van der Waals surface area (Å²) in [4.78, 5) is 21.0. The smallest absolute Gasteiger partial charge is 0.241 e. The summed E-state index contributed by atoms with van der Waals surface area (Å²) in [7, 11) is 0. The van der Waals surface area contributed by atoms with Crippen LogP contribution < -0.4 is 10.2 Å². The third kappa shape index (κ3) is 3.71. The van der Waals surface area contributed by atoms with Gasteiger partial charge in [0.1, 0.15) is 11.6 Å². The maximum absolute atomic E-state index is 13.7. The minimum absolute atomic E-state index is 0.189. The third-order valence-corrected chi connectivity index (χ3v) is 4.35. The number of carbonyl (C=O) groups is 1. The number of amides is 1. The van der Waals surface area contributed by atoms with Gasteiger partial charge in [-0.15, -0.1) is 0 Å². The van der Waals surface area contributed by atoms with Crippen LogP contribution >= 0.6 is 0 Å². The van der Waals surface area contributed by atoms with Gasteiger partial charge in [0.05, 0.1) is 11.7 Å². The van der Waals surface area contributed by atoms with Crippen LogP contribution in [-0.4, -0.2) is 48.0 Å². The van der Waals surface area contributed by atoms with Gasteiger partial charge in [-0.2, -0.15) is 0 Å². The van der Waals surface area contributed by atoms with E-state index in [1.54, 1.807) is 24.4 Å². The first-order valence-corrected chi connectivity index (χ1v) is 8.10. The number of para-hydroxylation sites is 1. The average Bonchev–Trinajstić information content (AvgIpc) is 2.64. The lowest BCUT2D eigenvalue weighted by atomic mass is 10.2. The molecule has 0 bridgehead atoms. The Morgan fingerprint density at radius 3 is 2.50 bits per heavy atom. The van der Waals surface area contributed by atoms with Gasteiger partial charge in [-0.3, -0.25) is 9.69 Å². The van der Waals surface area contributed by atoms with Crippen LogP contribution in [0.2, 0.25) is 0 Å². The zero-order valence-electron chi connectivity index (χ0n) is 13.7. The Kier molecular flexibility index (Phi) is 5.05. The molecule has 2 aromatic rings. The number of carbonyl (C=O) groups excluding carboxylic acids is 1. The molecule has 0 aliphatic carbocycles. The Bertz CT molecular complexity index is 686. The second kappa shape index (κ2) is 7.40. The SMILES string of the molecule is CC(C(=O)Nc1ccccc1F)N1CCN(c2ccccn2)CC1. The molecule has 0 spiro atoms. The molecule has 1 N–H and O–H groups in total. The van der Waals surface area contributed by atoms with Crippen molar-refractivity contribution in [1.82, 2.24) is 9.88 Å². The monoisotopic (exact) mass is 328 g/mol. The molecule has 1 aliphatic rings. The fourth-order valence-electron chi connectivity index (χ4n) is 2.84. The van der Waals surface area contributed by atoms with Crippen LogP contribution in [-0.2, 0) is 4.79 Å². The highest BCUT2D eigenvalue weighted by Gasteiger charge is 2.26. The highest BCUT2D eigenvalue weighted by atomic mass is 19.1. The highest BCUT2D eigenvalue weighted by Crippen LogP contribution is 2.16. The number of anilines is 2. The molecular weight excluding hydrogens is 307 g/mol. The molecule has 1 unspecified atom stereocenters. The fraction of sp³-hybridized carbons (Fsp3) is 0.333. The Hall–Kier alpha value is -2.47. The molecular formula is C18H21FN4O. The second-order valence-corrected chi connectivity index (χ2v) is 5.86. The number of halogens is 1. The number of piperazine rings is 1. The summed E-state index contributed by atoms with van der Waals surface area (Å²) in [6.07, 6.45) is 1.78. The number of hydrogen-bond donors (Lipinski definition) is 1. The maximum atomic E-state index is 13.7. The van der Waals surface area contributed by atoms with Crippen molar-refractivity contribution in [2.75, 3.05) is 36.4 Å². The van der Waals surface area contributed by atoms with Crippen molar-refractivity contribution < 1.29 is 9.18 Å². The van der Waals surface area contributed by atoms with Gasteiger partial charge >= 0.3 is 0 Å². The molecule has 1 atom stereocenters. The summed E-state index contributed by atoms with van der Waals surface area (Å²) in [5, 5.41) is 2.67.